The van der Waals surface area contributed by atoms with Gasteiger partial charge in [0.2, 0.25) is 0 Å². The fourth-order valence-electron chi connectivity index (χ4n) is 3.39. The molecule has 0 saturated carbocycles. The highest BCUT2D eigenvalue weighted by Gasteiger charge is 2.10. The van der Waals surface area contributed by atoms with Gasteiger partial charge in [0, 0.05) is 5.69 Å². The van der Waals surface area contributed by atoms with E-state index in [0.29, 0.717) is 33.9 Å². The van der Waals surface area contributed by atoms with E-state index in [1.165, 1.54) is 5.56 Å². The molecule has 0 aliphatic carbocycles. The van der Waals surface area contributed by atoms with E-state index in [1.807, 2.05) is 50.2 Å². The van der Waals surface area contributed by atoms with Crippen molar-refractivity contribution in [2.24, 2.45) is 0 Å². The van der Waals surface area contributed by atoms with Gasteiger partial charge in [0.1, 0.15) is 11.6 Å². The molecule has 1 aromatic heterocycles. The van der Waals surface area contributed by atoms with Gasteiger partial charge in [0.25, 0.3) is 11.5 Å². The Labute approximate surface area is 180 Å². The smallest absolute Gasteiger partial charge is 0.265 e. The highest BCUT2D eigenvalue weighted by atomic mass is 16.5. The molecule has 0 fully saturated rings. The molecule has 31 heavy (non-hydrogen) atoms. The summed E-state index contributed by atoms with van der Waals surface area (Å²) in [4.78, 5) is 29.7. The number of carbonyl (C=O) groups is 1. The van der Waals surface area contributed by atoms with E-state index < -0.39 is 0 Å². The molecule has 1 heterocycles. The summed E-state index contributed by atoms with van der Waals surface area (Å²) in [7, 11) is 0. The maximum Gasteiger partial charge on any atom is 0.265 e. The molecule has 0 bridgehead atoms. The number of fused-ring (bicyclic) bond motifs is 1. The van der Waals surface area contributed by atoms with Crippen molar-refractivity contribution in [1.29, 1.82) is 0 Å². The Kier molecular flexibility index (Phi) is 5.54. The van der Waals surface area contributed by atoms with Gasteiger partial charge in [0.05, 0.1) is 16.6 Å². The number of benzene rings is 3. The molecular formula is C25H23N3O3. The summed E-state index contributed by atoms with van der Waals surface area (Å²) in [6.07, 6.45) is 0. The first kappa shape index (κ1) is 20.3. The first-order valence-electron chi connectivity index (χ1n) is 10.0. The van der Waals surface area contributed by atoms with Crippen molar-refractivity contribution in [2.75, 3.05) is 11.9 Å². The lowest BCUT2D eigenvalue weighted by Gasteiger charge is -2.12. The zero-order chi connectivity index (χ0) is 22.0. The van der Waals surface area contributed by atoms with Gasteiger partial charge in [-0.3, -0.25) is 14.2 Å². The van der Waals surface area contributed by atoms with Crippen LogP contribution in [0.25, 0.3) is 16.6 Å². The minimum atomic E-state index is -0.258. The molecule has 0 aliphatic rings. The molecule has 3 aromatic carbocycles. The molecule has 4 rings (SSSR count). The van der Waals surface area contributed by atoms with Crippen LogP contribution in [0.5, 0.6) is 5.75 Å². The predicted octanol–water partition coefficient (Wildman–Crippen LogP) is 4.33. The van der Waals surface area contributed by atoms with Crippen LogP contribution in [-0.2, 0) is 4.79 Å². The fraction of sp³-hybridized carbons (Fsp3) is 0.160. The Hall–Kier alpha value is -3.93. The molecule has 6 heteroatoms. The number of aryl methyl sites for hydroxylation is 3. The average Bonchev–Trinajstić information content (AvgIpc) is 2.76. The van der Waals surface area contributed by atoms with Gasteiger partial charge in [-0.1, -0.05) is 18.2 Å². The zero-order valence-corrected chi connectivity index (χ0v) is 17.7. The van der Waals surface area contributed by atoms with Crippen LogP contribution >= 0.6 is 0 Å². The van der Waals surface area contributed by atoms with Crippen LogP contribution in [0.4, 0.5) is 5.69 Å². The summed E-state index contributed by atoms with van der Waals surface area (Å²) in [5.41, 5.74) is 4.15. The van der Waals surface area contributed by atoms with Crippen LogP contribution in [0.3, 0.4) is 0 Å². The predicted molar refractivity (Wildman–Crippen MR) is 122 cm³/mol. The van der Waals surface area contributed by atoms with Gasteiger partial charge >= 0.3 is 0 Å². The summed E-state index contributed by atoms with van der Waals surface area (Å²) in [6, 6.07) is 20.1. The first-order valence-corrected chi connectivity index (χ1v) is 10.0. The highest BCUT2D eigenvalue weighted by molar-refractivity contribution is 5.92. The number of para-hydroxylation sites is 1. The van der Waals surface area contributed by atoms with Crippen molar-refractivity contribution >= 4 is 22.5 Å². The van der Waals surface area contributed by atoms with Crippen molar-refractivity contribution in [1.82, 2.24) is 9.55 Å². The number of hydrogen-bond acceptors (Lipinski definition) is 4. The second kappa shape index (κ2) is 8.44. The van der Waals surface area contributed by atoms with Crippen LogP contribution in [0.2, 0.25) is 0 Å². The van der Waals surface area contributed by atoms with Gasteiger partial charge in [0.15, 0.2) is 6.61 Å². The second-order valence-corrected chi connectivity index (χ2v) is 7.45. The van der Waals surface area contributed by atoms with Crippen LogP contribution in [0.15, 0.2) is 71.5 Å². The maximum absolute atomic E-state index is 12.9. The van der Waals surface area contributed by atoms with E-state index in [2.05, 4.69) is 10.3 Å². The number of ether oxygens (including phenoxy) is 1. The third-order valence-corrected chi connectivity index (χ3v) is 5.20. The number of rotatable bonds is 5. The molecule has 0 unspecified atom stereocenters. The van der Waals surface area contributed by atoms with Gasteiger partial charge in [-0.15, -0.1) is 0 Å². The summed E-state index contributed by atoms with van der Waals surface area (Å²) >= 11 is 0. The molecule has 1 amide bonds. The van der Waals surface area contributed by atoms with E-state index in [0.717, 1.165) is 5.56 Å². The Bertz CT molecular complexity index is 1320. The van der Waals surface area contributed by atoms with E-state index >= 15 is 0 Å². The molecule has 156 valence electrons. The summed E-state index contributed by atoms with van der Waals surface area (Å²) in [5.74, 6) is 1.00. The number of carbonyl (C=O) groups excluding carboxylic acids is 1. The molecule has 0 spiro atoms. The number of anilines is 1. The van der Waals surface area contributed by atoms with Crippen molar-refractivity contribution in [3.8, 4) is 11.4 Å². The van der Waals surface area contributed by atoms with E-state index in [4.69, 9.17) is 4.74 Å². The number of aromatic nitrogens is 2. The standard InChI is InChI=1S/C25H23N3O3/c1-16-8-13-21(14-17(16)2)31-15-24(29)27-19-9-11-20(12-10-19)28-18(3)26-23-7-5-4-6-22(23)25(28)30/h4-14H,15H2,1-3H3,(H,27,29). The summed E-state index contributed by atoms with van der Waals surface area (Å²) < 4.78 is 7.14. The van der Waals surface area contributed by atoms with Crippen molar-refractivity contribution in [3.63, 3.8) is 0 Å². The van der Waals surface area contributed by atoms with Crippen LogP contribution in [0.1, 0.15) is 17.0 Å². The van der Waals surface area contributed by atoms with Crippen molar-refractivity contribution in [2.45, 2.75) is 20.8 Å². The largest absolute Gasteiger partial charge is 0.484 e. The lowest BCUT2D eigenvalue weighted by molar-refractivity contribution is -0.118. The summed E-state index contributed by atoms with van der Waals surface area (Å²) in [6.45, 7) is 5.74. The molecule has 0 radical (unpaired) electrons. The Morgan fingerprint density at radius 1 is 0.968 bits per heavy atom. The van der Waals surface area contributed by atoms with E-state index in [-0.39, 0.29) is 18.1 Å². The molecule has 4 aromatic rings. The Morgan fingerprint density at radius 2 is 1.71 bits per heavy atom. The molecule has 0 aliphatic heterocycles. The van der Waals surface area contributed by atoms with E-state index in [9.17, 15) is 9.59 Å². The van der Waals surface area contributed by atoms with E-state index in [1.54, 1.807) is 41.8 Å². The van der Waals surface area contributed by atoms with Crippen LogP contribution < -0.4 is 15.6 Å². The zero-order valence-electron chi connectivity index (χ0n) is 17.7. The minimum Gasteiger partial charge on any atom is -0.484 e. The minimum absolute atomic E-state index is 0.0859. The second-order valence-electron chi connectivity index (χ2n) is 7.45. The number of amides is 1. The Morgan fingerprint density at radius 3 is 2.45 bits per heavy atom. The number of hydrogen-bond donors (Lipinski definition) is 1. The molecule has 6 nitrogen and oxygen atoms in total. The normalized spacial score (nSPS) is 10.8. The van der Waals surface area contributed by atoms with Gasteiger partial charge in [-0.05, 0) is 80.4 Å². The van der Waals surface area contributed by atoms with Gasteiger partial charge < -0.3 is 10.1 Å². The first-order chi connectivity index (χ1) is 14.9. The third kappa shape index (κ3) is 4.33. The quantitative estimate of drug-likeness (QED) is 0.529. The average molecular weight is 413 g/mol. The lowest BCUT2D eigenvalue weighted by Crippen LogP contribution is -2.22. The monoisotopic (exact) mass is 413 g/mol. The third-order valence-electron chi connectivity index (χ3n) is 5.20. The molecule has 0 saturated heterocycles. The topological polar surface area (TPSA) is 73.2 Å². The molecule has 0 atom stereocenters. The lowest BCUT2D eigenvalue weighted by atomic mass is 10.1. The number of nitrogens with one attached hydrogen (secondary N) is 1. The fourth-order valence-corrected chi connectivity index (χ4v) is 3.39. The molecular weight excluding hydrogens is 390 g/mol. The SMILES string of the molecule is Cc1ccc(OCC(=O)Nc2ccc(-n3c(C)nc4ccccc4c3=O)cc2)cc1C. The van der Waals surface area contributed by atoms with Gasteiger partial charge in [-0.2, -0.15) is 0 Å². The molecule has 1 N–H and O–H groups in total. The van der Waals surface area contributed by atoms with Crippen LogP contribution in [-0.4, -0.2) is 22.1 Å². The van der Waals surface area contributed by atoms with Gasteiger partial charge in [-0.25, -0.2) is 4.98 Å². The van der Waals surface area contributed by atoms with Crippen molar-refractivity contribution in [3.05, 3.63) is 94.0 Å². The number of nitrogens with zero attached hydrogens (tertiary/aromatic N) is 2. The maximum atomic E-state index is 12.9. The highest BCUT2D eigenvalue weighted by Crippen LogP contribution is 2.18. The van der Waals surface area contributed by atoms with Crippen LogP contribution in [0, 0.1) is 20.8 Å². The summed E-state index contributed by atoms with van der Waals surface area (Å²) in [5, 5.41) is 3.37. The van der Waals surface area contributed by atoms with Crippen molar-refractivity contribution < 1.29 is 9.53 Å². The Balaban J connectivity index is 1.47.